The number of hydrogen-bond acceptors (Lipinski definition) is 4. The molecule has 0 saturated heterocycles. The predicted molar refractivity (Wildman–Crippen MR) is 48.7 cm³/mol. The average molecular weight is 164 g/mol. The molecular weight excluding hydrogens is 152 g/mol. The average Bonchev–Trinajstić information content (AvgIpc) is 2.29. The molecule has 0 saturated carbocycles. The molecule has 0 radical (unpaired) electrons. The summed E-state index contributed by atoms with van der Waals surface area (Å²) in [6.07, 6.45) is 3.06. The Morgan fingerprint density at radius 1 is 1.58 bits per heavy atom. The van der Waals surface area contributed by atoms with Crippen LogP contribution in [0.25, 0.3) is 0 Å². The normalized spacial score (nSPS) is 27.7. The van der Waals surface area contributed by atoms with Crippen molar-refractivity contribution in [2.45, 2.75) is 26.3 Å². The van der Waals surface area contributed by atoms with Crippen LogP contribution < -0.4 is 5.73 Å². The highest BCUT2D eigenvalue weighted by Gasteiger charge is 2.27. The summed E-state index contributed by atoms with van der Waals surface area (Å²) in [6.45, 7) is 3.96. The van der Waals surface area contributed by atoms with Gasteiger partial charge in [-0.2, -0.15) is 5.10 Å². The van der Waals surface area contributed by atoms with Crippen molar-refractivity contribution in [3.05, 3.63) is 11.8 Å². The Morgan fingerprint density at radius 2 is 2.33 bits per heavy atom. The van der Waals surface area contributed by atoms with Gasteiger partial charge in [-0.05, 0) is 19.9 Å². The van der Waals surface area contributed by atoms with Crippen molar-refractivity contribution in [2.24, 2.45) is 15.8 Å². The summed E-state index contributed by atoms with van der Waals surface area (Å²) in [7, 11) is 0. The van der Waals surface area contributed by atoms with Gasteiger partial charge < -0.3 is 5.73 Å². The molecule has 0 amide bonds. The van der Waals surface area contributed by atoms with Crippen LogP contribution in [0.5, 0.6) is 0 Å². The van der Waals surface area contributed by atoms with Crippen molar-refractivity contribution in [3.8, 4) is 0 Å². The number of guanidine groups is 1. The summed E-state index contributed by atoms with van der Waals surface area (Å²) >= 11 is 0. The van der Waals surface area contributed by atoms with E-state index in [4.69, 9.17) is 5.73 Å². The third kappa shape index (κ3) is 0.995. The van der Waals surface area contributed by atoms with Crippen LogP contribution in [-0.4, -0.2) is 22.7 Å². The lowest BCUT2D eigenvalue weighted by Gasteiger charge is -2.23. The molecule has 2 rings (SSSR count). The number of allylic oxidation sites excluding steroid dienone is 1. The summed E-state index contributed by atoms with van der Waals surface area (Å²) < 4.78 is 0. The van der Waals surface area contributed by atoms with Crippen LogP contribution in [0.15, 0.2) is 21.9 Å². The Morgan fingerprint density at radius 3 is 3.08 bits per heavy atom. The van der Waals surface area contributed by atoms with Gasteiger partial charge >= 0.3 is 0 Å². The van der Waals surface area contributed by atoms with Gasteiger partial charge in [0.2, 0.25) is 5.96 Å². The molecule has 0 bridgehead atoms. The van der Waals surface area contributed by atoms with Crippen LogP contribution in [0.1, 0.15) is 20.3 Å². The van der Waals surface area contributed by atoms with Gasteiger partial charge in [-0.15, -0.1) is 0 Å². The topological polar surface area (TPSA) is 54.0 Å². The molecule has 4 heteroatoms. The lowest BCUT2D eigenvalue weighted by molar-refractivity contribution is 0.402. The standard InChI is InChI=1S/C8H12N4/c1-5-3-7-4-6(2)11-12(7)8(9)10-5/h3,7H,4H2,1-2H3,(H2,9,10)/t7-/m1/s1. The highest BCUT2D eigenvalue weighted by Crippen LogP contribution is 2.21. The molecule has 0 aromatic rings. The van der Waals surface area contributed by atoms with E-state index in [0.717, 1.165) is 17.8 Å². The van der Waals surface area contributed by atoms with E-state index in [9.17, 15) is 0 Å². The number of fused-ring (bicyclic) bond motifs is 1. The fourth-order valence-corrected chi connectivity index (χ4v) is 1.59. The Balaban J connectivity index is 2.33. The van der Waals surface area contributed by atoms with E-state index in [2.05, 4.69) is 16.2 Å². The van der Waals surface area contributed by atoms with Gasteiger partial charge in [0.25, 0.3) is 0 Å². The maximum Gasteiger partial charge on any atom is 0.217 e. The molecule has 2 N–H and O–H groups in total. The maximum atomic E-state index is 5.70. The molecule has 0 aliphatic carbocycles. The van der Waals surface area contributed by atoms with Gasteiger partial charge in [0.05, 0.1) is 6.04 Å². The summed E-state index contributed by atoms with van der Waals surface area (Å²) in [4.78, 5) is 4.13. The fraction of sp³-hybridized carbons (Fsp3) is 0.500. The van der Waals surface area contributed by atoms with Crippen LogP contribution in [-0.2, 0) is 0 Å². The second-order valence-corrected chi connectivity index (χ2v) is 3.23. The quantitative estimate of drug-likeness (QED) is 0.572. The molecule has 0 aromatic carbocycles. The van der Waals surface area contributed by atoms with Crippen LogP contribution in [0.2, 0.25) is 0 Å². The molecule has 2 aliphatic rings. The zero-order chi connectivity index (χ0) is 8.72. The van der Waals surface area contributed by atoms with E-state index >= 15 is 0 Å². The maximum absolute atomic E-state index is 5.70. The van der Waals surface area contributed by atoms with E-state index in [1.807, 2.05) is 13.8 Å². The lowest BCUT2D eigenvalue weighted by atomic mass is 10.1. The number of nitrogens with zero attached hydrogens (tertiary/aromatic N) is 3. The second-order valence-electron chi connectivity index (χ2n) is 3.23. The first-order valence-electron chi connectivity index (χ1n) is 4.03. The van der Waals surface area contributed by atoms with Crippen LogP contribution >= 0.6 is 0 Å². The summed E-state index contributed by atoms with van der Waals surface area (Å²) in [6, 6.07) is 0.308. The minimum atomic E-state index is 0.308. The summed E-state index contributed by atoms with van der Waals surface area (Å²) in [5.74, 6) is 0.511. The highest BCUT2D eigenvalue weighted by molar-refractivity contribution is 5.90. The van der Waals surface area contributed by atoms with Crippen LogP contribution in [0, 0.1) is 0 Å². The van der Waals surface area contributed by atoms with E-state index in [0.29, 0.717) is 12.0 Å². The molecular formula is C8H12N4. The Kier molecular flexibility index (Phi) is 1.43. The lowest BCUT2D eigenvalue weighted by Crippen LogP contribution is -2.39. The molecule has 1 atom stereocenters. The van der Waals surface area contributed by atoms with Gasteiger partial charge in [-0.25, -0.2) is 10.0 Å². The summed E-state index contributed by atoms with van der Waals surface area (Å²) in [5.41, 5.74) is 7.80. The van der Waals surface area contributed by atoms with E-state index in [1.165, 1.54) is 0 Å². The van der Waals surface area contributed by atoms with Crippen molar-refractivity contribution in [2.75, 3.05) is 0 Å². The first kappa shape index (κ1) is 7.34. The zero-order valence-corrected chi connectivity index (χ0v) is 7.28. The van der Waals surface area contributed by atoms with Crippen molar-refractivity contribution in [1.82, 2.24) is 5.01 Å². The van der Waals surface area contributed by atoms with Crippen molar-refractivity contribution in [1.29, 1.82) is 0 Å². The van der Waals surface area contributed by atoms with Crippen molar-refractivity contribution in [3.63, 3.8) is 0 Å². The largest absolute Gasteiger partial charge is 0.368 e. The number of hydrazone groups is 1. The molecule has 12 heavy (non-hydrogen) atoms. The summed E-state index contributed by atoms with van der Waals surface area (Å²) in [5, 5.41) is 6.06. The Labute approximate surface area is 71.5 Å². The number of nitrogens with two attached hydrogens (primary N) is 1. The molecule has 2 aliphatic heterocycles. The van der Waals surface area contributed by atoms with Crippen LogP contribution in [0.3, 0.4) is 0 Å². The van der Waals surface area contributed by atoms with Crippen LogP contribution in [0.4, 0.5) is 0 Å². The molecule has 64 valence electrons. The molecule has 0 fully saturated rings. The number of hydrogen-bond donors (Lipinski definition) is 1. The zero-order valence-electron chi connectivity index (χ0n) is 7.28. The van der Waals surface area contributed by atoms with Gasteiger partial charge in [-0.3, -0.25) is 0 Å². The Bertz CT molecular complexity index is 300. The Hall–Kier alpha value is -1.32. The molecule has 0 spiro atoms. The molecule has 4 nitrogen and oxygen atoms in total. The monoisotopic (exact) mass is 164 g/mol. The molecule has 0 unspecified atom stereocenters. The number of rotatable bonds is 0. The van der Waals surface area contributed by atoms with Gasteiger partial charge in [-0.1, -0.05) is 0 Å². The first-order chi connectivity index (χ1) is 5.66. The third-order valence-electron chi connectivity index (χ3n) is 2.06. The molecule has 0 aromatic heterocycles. The third-order valence-corrected chi connectivity index (χ3v) is 2.06. The first-order valence-corrected chi connectivity index (χ1v) is 4.03. The highest BCUT2D eigenvalue weighted by atomic mass is 15.5. The fourth-order valence-electron chi connectivity index (χ4n) is 1.59. The SMILES string of the molecule is CC1=C[C@@H]2CC(C)=NN2C(N)=N1. The number of aliphatic imine (C=N–C) groups is 1. The van der Waals surface area contributed by atoms with Gasteiger partial charge in [0, 0.05) is 17.8 Å². The van der Waals surface area contributed by atoms with Gasteiger partial charge in [0.1, 0.15) is 0 Å². The van der Waals surface area contributed by atoms with E-state index in [-0.39, 0.29) is 0 Å². The second kappa shape index (κ2) is 2.33. The van der Waals surface area contributed by atoms with Crippen molar-refractivity contribution >= 4 is 11.7 Å². The van der Waals surface area contributed by atoms with Gasteiger partial charge in [0.15, 0.2) is 0 Å². The smallest absolute Gasteiger partial charge is 0.217 e. The van der Waals surface area contributed by atoms with E-state index in [1.54, 1.807) is 5.01 Å². The van der Waals surface area contributed by atoms with E-state index < -0.39 is 0 Å². The minimum Gasteiger partial charge on any atom is -0.368 e. The predicted octanol–water partition coefficient (Wildman–Crippen LogP) is 0.669. The minimum absolute atomic E-state index is 0.308. The molecule has 2 heterocycles. The van der Waals surface area contributed by atoms with Crippen molar-refractivity contribution < 1.29 is 0 Å².